The number of aromatic nitrogens is 3. The van der Waals surface area contributed by atoms with Crippen molar-refractivity contribution in [1.82, 2.24) is 15.1 Å². The average Bonchev–Trinajstić information content (AvgIpc) is 2.73. The molecule has 0 aliphatic carbocycles. The first-order valence-corrected chi connectivity index (χ1v) is 5.58. The standard InChI is InChI=1S/C12H15N3O2/c1-8-6-10(7-9(2)13-8)12-14-11(17-15-12)4-3-5-16/h6-7,16H,3-5H2,1-2H3. The first-order valence-electron chi connectivity index (χ1n) is 5.58. The van der Waals surface area contributed by atoms with E-state index in [1.807, 2.05) is 26.0 Å². The van der Waals surface area contributed by atoms with Crippen molar-refractivity contribution in [3.8, 4) is 11.4 Å². The monoisotopic (exact) mass is 233 g/mol. The van der Waals surface area contributed by atoms with Crippen molar-refractivity contribution in [3.05, 3.63) is 29.4 Å². The van der Waals surface area contributed by atoms with Gasteiger partial charge in [0.15, 0.2) is 0 Å². The van der Waals surface area contributed by atoms with Crippen LogP contribution in [0.15, 0.2) is 16.7 Å². The molecule has 5 nitrogen and oxygen atoms in total. The Morgan fingerprint density at radius 3 is 2.53 bits per heavy atom. The molecule has 0 fully saturated rings. The summed E-state index contributed by atoms with van der Waals surface area (Å²) in [5.74, 6) is 1.13. The van der Waals surface area contributed by atoms with E-state index in [2.05, 4.69) is 15.1 Å². The Bertz CT molecular complexity index is 488. The van der Waals surface area contributed by atoms with Crippen LogP contribution in [0.25, 0.3) is 11.4 Å². The molecule has 0 amide bonds. The molecule has 2 aromatic heterocycles. The molecule has 1 N–H and O–H groups in total. The second-order valence-corrected chi connectivity index (χ2v) is 3.98. The summed E-state index contributed by atoms with van der Waals surface area (Å²) >= 11 is 0. The summed E-state index contributed by atoms with van der Waals surface area (Å²) in [6.45, 7) is 4.00. The summed E-state index contributed by atoms with van der Waals surface area (Å²) in [4.78, 5) is 8.58. The highest BCUT2D eigenvalue weighted by molar-refractivity contribution is 5.55. The van der Waals surface area contributed by atoms with E-state index in [0.29, 0.717) is 24.6 Å². The number of pyridine rings is 1. The van der Waals surface area contributed by atoms with Crippen LogP contribution in [0.1, 0.15) is 23.7 Å². The second kappa shape index (κ2) is 5.05. The van der Waals surface area contributed by atoms with E-state index in [9.17, 15) is 0 Å². The minimum Gasteiger partial charge on any atom is -0.396 e. The molecule has 5 heteroatoms. The molecule has 2 aromatic rings. The molecule has 0 unspecified atom stereocenters. The maximum Gasteiger partial charge on any atom is 0.227 e. The third-order valence-electron chi connectivity index (χ3n) is 2.36. The minimum atomic E-state index is 0.130. The Morgan fingerprint density at radius 1 is 1.18 bits per heavy atom. The Morgan fingerprint density at radius 2 is 1.88 bits per heavy atom. The normalized spacial score (nSPS) is 10.8. The van der Waals surface area contributed by atoms with Gasteiger partial charge in [0, 0.05) is 30.0 Å². The summed E-state index contributed by atoms with van der Waals surface area (Å²) in [6, 6.07) is 3.85. The van der Waals surface area contributed by atoms with Crippen molar-refractivity contribution in [3.63, 3.8) is 0 Å². The van der Waals surface area contributed by atoms with Crippen LogP contribution < -0.4 is 0 Å². The van der Waals surface area contributed by atoms with E-state index >= 15 is 0 Å². The van der Waals surface area contributed by atoms with Crippen LogP contribution in [0.3, 0.4) is 0 Å². The van der Waals surface area contributed by atoms with Crippen molar-refractivity contribution in [1.29, 1.82) is 0 Å². The number of aryl methyl sites for hydroxylation is 3. The van der Waals surface area contributed by atoms with Gasteiger partial charge in [-0.1, -0.05) is 5.16 Å². The van der Waals surface area contributed by atoms with E-state index in [1.165, 1.54) is 0 Å². The fourth-order valence-corrected chi connectivity index (χ4v) is 1.67. The lowest BCUT2D eigenvalue weighted by atomic mass is 10.2. The maximum absolute atomic E-state index is 8.73. The van der Waals surface area contributed by atoms with Crippen molar-refractivity contribution in [2.75, 3.05) is 6.61 Å². The molecule has 17 heavy (non-hydrogen) atoms. The molecule has 0 bridgehead atoms. The van der Waals surface area contributed by atoms with Crippen LogP contribution in [0.5, 0.6) is 0 Å². The van der Waals surface area contributed by atoms with Crippen LogP contribution >= 0.6 is 0 Å². The lowest BCUT2D eigenvalue weighted by molar-refractivity contribution is 0.278. The maximum atomic E-state index is 8.73. The predicted molar refractivity (Wildman–Crippen MR) is 62.4 cm³/mol. The lowest BCUT2D eigenvalue weighted by Crippen LogP contribution is -1.91. The third-order valence-corrected chi connectivity index (χ3v) is 2.36. The van der Waals surface area contributed by atoms with Gasteiger partial charge in [-0.2, -0.15) is 4.98 Å². The molecule has 0 aliphatic rings. The number of aliphatic hydroxyl groups is 1. The Hall–Kier alpha value is -1.75. The van der Waals surface area contributed by atoms with Crippen LogP contribution in [-0.2, 0) is 6.42 Å². The molecule has 2 rings (SSSR count). The van der Waals surface area contributed by atoms with Gasteiger partial charge in [0.2, 0.25) is 11.7 Å². The van der Waals surface area contributed by atoms with Crippen molar-refractivity contribution >= 4 is 0 Å². The topological polar surface area (TPSA) is 72.0 Å². The van der Waals surface area contributed by atoms with E-state index < -0.39 is 0 Å². The van der Waals surface area contributed by atoms with Crippen LogP contribution in [0, 0.1) is 13.8 Å². The molecule has 90 valence electrons. The van der Waals surface area contributed by atoms with Gasteiger partial charge >= 0.3 is 0 Å². The minimum absolute atomic E-state index is 0.130. The van der Waals surface area contributed by atoms with Gasteiger partial charge in [-0.05, 0) is 32.4 Å². The van der Waals surface area contributed by atoms with Crippen LogP contribution in [0.2, 0.25) is 0 Å². The van der Waals surface area contributed by atoms with Crippen LogP contribution in [-0.4, -0.2) is 26.8 Å². The average molecular weight is 233 g/mol. The highest BCUT2D eigenvalue weighted by Gasteiger charge is 2.09. The molecular formula is C12H15N3O2. The molecule has 0 spiro atoms. The summed E-state index contributed by atoms with van der Waals surface area (Å²) in [5.41, 5.74) is 2.78. The molecule has 0 aromatic carbocycles. The summed E-state index contributed by atoms with van der Waals surface area (Å²) in [7, 11) is 0. The van der Waals surface area contributed by atoms with Gasteiger partial charge in [0.25, 0.3) is 0 Å². The van der Waals surface area contributed by atoms with Gasteiger partial charge in [-0.25, -0.2) is 0 Å². The summed E-state index contributed by atoms with van der Waals surface area (Å²) < 4.78 is 5.11. The van der Waals surface area contributed by atoms with Gasteiger partial charge < -0.3 is 9.63 Å². The van der Waals surface area contributed by atoms with E-state index in [4.69, 9.17) is 9.63 Å². The zero-order valence-electron chi connectivity index (χ0n) is 9.97. The van der Waals surface area contributed by atoms with Gasteiger partial charge in [-0.3, -0.25) is 4.98 Å². The Kier molecular flexibility index (Phi) is 3.49. The molecular weight excluding hydrogens is 218 g/mol. The van der Waals surface area contributed by atoms with Crippen molar-refractivity contribution in [2.24, 2.45) is 0 Å². The third kappa shape index (κ3) is 2.88. The zero-order chi connectivity index (χ0) is 12.3. The largest absolute Gasteiger partial charge is 0.396 e. The quantitative estimate of drug-likeness (QED) is 0.869. The van der Waals surface area contributed by atoms with Crippen molar-refractivity contribution in [2.45, 2.75) is 26.7 Å². The predicted octanol–water partition coefficient (Wildman–Crippen LogP) is 1.67. The smallest absolute Gasteiger partial charge is 0.227 e. The second-order valence-electron chi connectivity index (χ2n) is 3.98. The SMILES string of the molecule is Cc1cc(-c2noc(CCCO)n2)cc(C)n1. The molecule has 0 radical (unpaired) electrons. The van der Waals surface area contributed by atoms with Gasteiger partial charge in [0.1, 0.15) is 0 Å². The van der Waals surface area contributed by atoms with E-state index in [1.54, 1.807) is 0 Å². The summed E-state index contributed by atoms with van der Waals surface area (Å²) in [5, 5.41) is 12.7. The molecule has 0 saturated heterocycles. The highest BCUT2D eigenvalue weighted by atomic mass is 16.5. The lowest BCUT2D eigenvalue weighted by Gasteiger charge is -1.98. The van der Waals surface area contributed by atoms with Crippen LogP contribution in [0.4, 0.5) is 0 Å². The van der Waals surface area contributed by atoms with Gasteiger partial charge in [-0.15, -0.1) is 0 Å². The number of rotatable bonds is 4. The van der Waals surface area contributed by atoms with Gasteiger partial charge in [0.05, 0.1) is 0 Å². The number of nitrogens with zero attached hydrogens (tertiary/aromatic N) is 3. The van der Waals surface area contributed by atoms with E-state index in [0.717, 1.165) is 17.0 Å². The number of hydrogen-bond acceptors (Lipinski definition) is 5. The van der Waals surface area contributed by atoms with Crippen molar-refractivity contribution < 1.29 is 9.63 Å². The molecule has 0 aliphatic heterocycles. The first-order chi connectivity index (χ1) is 8.19. The molecule has 0 saturated carbocycles. The number of aliphatic hydroxyl groups excluding tert-OH is 1. The molecule has 0 atom stereocenters. The summed E-state index contributed by atoms with van der Waals surface area (Å²) in [6.07, 6.45) is 1.24. The first kappa shape index (κ1) is 11.7. The molecule has 2 heterocycles. The Labute approximate surface area is 99.5 Å². The fourth-order valence-electron chi connectivity index (χ4n) is 1.67. The van der Waals surface area contributed by atoms with E-state index in [-0.39, 0.29) is 6.61 Å². The fraction of sp³-hybridized carbons (Fsp3) is 0.417. The number of hydrogen-bond donors (Lipinski definition) is 1. The Balaban J connectivity index is 2.24. The zero-order valence-corrected chi connectivity index (χ0v) is 9.97. The highest BCUT2D eigenvalue weighted by Crippen LogP contribution is 2.17.